The summed E-state index contributed by atoms with van der Waals surface area (Å²) in [5.41, 5.74) is 1.26. The van der Waals surface area contributed by atoms with Crippen molar-refractivity contribution in [3.05, 3.63) is 102 Å². The van der Waals surface area contributed by atoms with E-state index in [2.05, 4.69) is 5.32 Å². The maximum Gasteiger partial charge on any atom is 0.258 e. The summed E-state index contributed by atoms with van der Waals surface area (Å²) in [5.74, 6) is -0.158. The molecular formula is C22H20FNO2. The van der Waals surface area contributed by atoms with Gasteiger partial charge in [0.15, 0.2) is 6.61 Å². The van der Waals surface area contributed by atoms with Gasteiger partial charge in [-0.3, -0.25) is 4.79 Å². The number of hydrogen-bond donors (Lipinski definition) is 1. The number of hydrogen-bond acceptors (Lipinski definition) is 2. The van der Waals surface area contributed by atoms with E-state index in [0.717, 1.165) is 11.1 Å². The number of rotatable bonds is 6. The van der Waals surface area contributed by atoms with Gasteiger partial charge in [-0.2, -0.15) is 0 Å². The Balaban J connectivity index is 1.77. The fourth-order valence-electron chi connectivity index (χ4n) is 2.85. The molecule has 0 saturated heterocycles. The van der Waals surface area contributed by atoms with Gasteiger partial charge in [-0.05, 0) is 42.3 Å². The summed E-state index contributed by atoms with van der Waals surface area (Å²) in [7, 11) is 0. The molecule has 0 aromatic heterocycles. The summed E-state index contributed by atoms with van der Waals surface area (Å²) in [6, 6.07) is 25.2. The molecular weight excluding hydrogens is 329 g/mol. The van der Waals surface area contributed by atoms with Crippen LogP contribution >= 0.6 is 0 Å². The molecule has 0 spiro atoms. The molecule has 0 aliphatic carbocycles. The molecule has 1 N–H and O–H groups in total. The Morgan fingerprint density at radius 2 is 1.38 bits per heavy atom. The minimum absolute atomic E-state index is 0.152. The summed E-state index contributed by atoms with van der Waals surface area (Å²) in [4.78, 5) is 12.5. The van der Waals surface area contributed by atoms with Gasteiger partial charge in [0.1, 0.15) is 11.6 Å². The van der Waals surface area contributed by atoms with Crippen LogP contribution in [-0.4, -0.2) is 12.5 Å². The fourth-order valence-corrected chi connectivity index (χ4v) is 2.85. The number of carbonyl (C=O) groups is 1. The first-order chi connectivity index (χ1) is 12.6. The van der Waals surface area contributed by atoms with E-state index in [1.807, 2.05) is 67.6 Å². The zero-order valence-corrected chi connectivity index (χ0v) is 14.5. The molecule has 3 nitrogen and oxygen atoms in total. The van der Waals surface area contributed by atoms with Gasteiger partial charge in [-0.25, -0.2) is 4.39 Å². The minimum atomic E-state index is -0.689. The van der Waals surface area contributed by atoms with Crippen molar-refractivity contribution in [2.24, 2.45) is 0 Å². The summed E-state index contributed by atoms with van der Waals surface area (Å²) in [6.07, 6.45) is 0. The molecule has 0 bridgehead atoms. The predicted octanol–water partition coefficient (Wildman–Crippen LogP) is 4.28. The van der Waals surface area contributed by atoms with Crippen LogP contribution in [0.1, 0.15) is 18.1 Å². The topological polar surface area (TPSA) is 38.3 Å². The molecule has 0 saturated carbocycles. The van der Waals surface area contributed by atoms with E-state index >= 15 is 0 Å². The zero-order chi connectivity index (χ0) is 18.4. The molecule has 1 amide bonds. The first-order valence-corrected chi connectivity index (χ1v) is 8.38. The maximum atomic E-state index is 12.9. The SMILES string of the molecule is CC(NC(=O)COc1ccc(F)cc1)(c1ccccc1)c1ccccc1. The quantitative estimate of drug-likeness (QED) is 0.721. The Morgan fingerprint density at radius 1 is 0.885 bits per heavy atom. The second-order valence-corrected chi connectivity index (χ2v) is 6.15. The second-order valence-electron chi connectivity index (χ2n) is 6.15. The Kier molecular flexibility index (Phi) is 5.32. The predicted molar refractivity (Wildman–Crippen MR) is 99.4 cm³/mol. The smallest absolute Gasteiger partial charge is 0.258 e. The third-order valence-corrected chi connectivity index (χ3v) is 4.28. The van der Waals surface area contributed by atoms with Crippen molar-refractivity contribution in [3.8, 4) is 5.75 Å². The average Bonchev–Trinajstić information content (AvgIpc) is 2.69. The molecule has 26 heavy (non-hydrogen) atoms. The van der Waals surface area contributed by atoms with Crippen LogP contribution in [0.4, 0.5) is 4.39 Å². The van der Waals surface area contributed by atoms with Crippen molar-refractivity contribution in [1.29, 1.82) is 0 Å². The number of amides is 1. The van der Waals surface area contributed by atoms with Crippen LogP contribution in [0.25, 0.3) is 0 Å². The van der Waals surface area contributed by atoms with Gasteiger partial charge < -0.3 is 10.1 Å². The van der Waals surface area contributed by atoms with Gasteiger partial charge in [0.2, 0.25) is 0 Å². The van der Waals surface area contributed by atoms with Gasteiger partial charge in [0.05, 0.1) is 5.54 Å². The Labute approximate surface area is 152 Å². The second kappa shape index (κ2) is 7.83. The summed E-state index contributed by atoms with van der Waals surface area (Å²) < 4.78 is 18.4. The van der Waals surface area contributed by atoms with Crippen molar-refractivity contribution in [1.82, 2.24) is 5.32 Å². The lowest BCUT2D eigenvalue weighted by Crippen LogP contribution is -2.46. The molecule has 0 radical (unpaired) electrons. The van der Waals surface area contributed by atoms with Crippen molar-refractivity contribution >= 4 is 5.91 Å². The molecule has 0 heterocycles. The molecule has 3 aromatic carbocycles. The maximum absolute atomic E-state index is 12.9. The number of carbonyl (C=O) groups excluding carboxylic acids is 1. The summed E-state index contributed by atoms with van der Waals surface area (Å²) in [6.45, 7) is 1.81. The first-order valence-electron chi connectivity index (χ1n) is 8.38. The molecule has 132 valence electrons. The Bertz CT molecular complexity index is 809. The van der Waals surface area contributed by atoms with Gasteiger partial charge in [0, 0.05) is 0 Å². The number of nitrogens with one attached hydrogen (secondary N) is 1. The van der Waals surface area contributed by atoms with Crippen molar-refractivity contribution in [2.75, 3.05) is 6.61 Å². The number of halogens is 1. The molecule has 0 fully saturated rings. The van der Waals surface area contributed by atoms with E-state index < -0.39 is 5.54 Å². The van der Waals surface area contributed by atoms with Gasteiger partial charge >= 0.3 is 0 Å². The highest BCUT2D eigenvalue weighted by Gasteiger charge is 2.30. The lowest BCUT2D eigenvalue weighted by Gasteiger charge is -2.32. The van der Waals surface area contributed by atoms with E-state index in [1.54, 1.807) is 0 Å². The monoisotopic (exact) mass is 349 g/mol. The molecule has 4 heteroatoms. The van der Waals surface area contributed by atoms with Gasteiger partial charge in [0.25, 0.3) is 5.91 Å². The van der Waals surface area contributed by atoms with Crippen molar-refractivity contribution in [3.63, 3.8) is 0 Å². The third-order valence-electron chi connectivity index (χ3n) is 4.28. The minimum Gasteiger partial charge on any atom is -0.484 e. The van der Waals surface area contributed by atoms with Gasteiger partial charge in [-0.15, -0.1) is 0 Å². The highest BCUT2D eigenvalue weighted by Crippen LogP contribution is 2.29. The number of benzene rings is 3. The largest absolute Gasteiger partial charge is 0.484 e. The number of ether oxygens (including phenoxy) is 1. The Morgan fingerprint density at radius 3 is 1.88 bits per heavy atom. The third kappa shape index (κ3) is 4.09. The lowest BCUT2D eigenvalue weighted by atomic mass is 9.84. The first kappa shape index (κ1) is 17.7. The van der Waals surface area contributed by atoms with E-state index in [1.165, 1.54) is 24.3 Å². The molecule has 0 atom stereocenters. The van der Waals surface area contributed by atoms with E-state index in [-0.39, 0.29) is 18.3 Å². The molecule has 0 unspecified atom stereocenters. The normalized spacial score (nSPS) is 11.0. The summed E-state index contributed by atoms with van der Waals surface area (Å²) in [5, 5.41) is 3.07. The van der Waals surface area contributed by atoms with Crippen LogP contribution in [0.5, 0.6) is 5.75 Å². The van der Waals surface area contributed by atoms with Crippen LogP contribution in [0.2, 0.25) is 0 Å². The van der Waals surface area contributed by atoms with Crippen LogP contribution < -0.4 is 10.1 Å². The van der Waals surface area contributed by atoms with Crippen LogP contribution in [-0.2, 0) is 10.3 Å². The van der Waals surface area contributed by atoms with E-state index in [0.29, 0.717) is 5.75 Å². The van der Waals surface area contributed by atoms with Crippen molar-refractivity contribution < 1.29 is 13.9 Å². The van der Waals surface area contributed by atoms with E-state index in [4.69, 9.17) is 4.74 Å². The highest BCUT2D eigenvalue weighted by atomic mass is 19.1. The summed E-state index contributed by atoms with van der Waals surface area (Å²) >= 11 is 0. The van der Waals surface area contributed by atoms with Crippen LogP contribution in [0.15, 0.2) is 84.9 Å². The molecule has 3 rings (SSSR count). The Hall–Kier alpha value is -3.14. The average molecular weight is 349 g/mol. The lowest BCUT2D eigenvalue weighted by molar-refractivity contribution is -0.124. The van der Waals surface area contributed by atoms with Crippen LogP contribution in [0.3, 0.4) is 0 Å². The molecule has 3 aromatic rings. The highest BCUT2D eigenvalue weighted by molar-refractivity contribution is 5.79. The van der Waals surface area contributed by atoms with Crippen molar-refractivity contribution in [2.45, 2.75) is 12.5 Å². The van der Waals surface area contributed by atoms with Crippen LogP contribution in [0, 0.1) is 5.82 Å². The fraction of sp³-hybridized carbons (Fsp3) is 0.136. The molecule has 0 aliphatic rings. The zero-order valence-electron chi connectivity index (χ0n) is 14.5. The van der Waals surface area contributed by atoms with E-state index in [9.17, 15) is 9.18 Å². The molecule has 0 aliphatic heterocycles. The van der Waals surface area contributed by atoms with Gasteiger partial charge in [-0.1, -0.05) is 60.7 Å². The standard InChI is InChI=1S/C22H20FNO2/c1-22(17-8-4-2-5-9-17,18-10-6-3-7-11-18)24-21(25)16-26-20-14-12-19(23)13-15-20/h2-15H,16H2,1H3,(H,24,25).